The monoisotopic (exact) mass is 286 g/mol. The number of rotatable bonds is 7. The molecule has 0 aromatic heterocycles. The Balaban J connectivity index is 2.57. The molecule has 3 N–H and O–H groups in total. The molecule has 1 aliphatic carbocycles. The van der Waals surface area contributed by atoms with Crippen LogP contribution in [0, 0.1) is 5.41 Å². The highest BCUT2D eigenvalue weighted by Crippen LogP contribution is 2.36. The van der Waals surface area contributed by atoms with E-state index >= 15 is 0 Å². The van der Waals surface area contributed by atoms with Gasteiger partial charge >= 0.3 is 12.0 Å². The van der Waals surface area contributed by atoms with Crippen molar-refractivity contribution >= 4 is 12.0 Å². The van der Waals surface area contributed by atoms with Crippen LogP contribution >= 0.6 is 0 Å². The average molecular weight is 286 g/mol. The van der Waals surface area contributed by atoms with Crippen molar-refractivity contribution < 1.29 is 19.8 Å². The Bertz CT molecular complexity index is 321. The van der Waals surface area contributed by atoms with Crippen LogP contribution in [0.1, 0.15) is 45.4 Å². The quantitative estimate of drug-likeness (QED) is 0.660. The molecule has 1 aliphatic rings. The van der Waals surface area contributed by atoms with Crippen molar-refractivity contribution in [1.82, 2.24) is 10.2 Å². The number of carbonyl (C=O) groups excluding carboxylic acids is 1. The molecule has 2 amide bonds. The van der Waals surface area contributed by atoms with Crippen LogP contribution in [0.4, 0.5) is 4.79 Å². The second kappa shape index (κ2) is 8.09. The molecule has 6 heteroatoms. The Morgan fingerprint density at radius 1 is 1.20 bits per heavy atom. The summed E-state index contributed by atoms with van der Waals surface area (Å²) >= 11 is 0. The van der Waals surface area contributed by atoms with Gasteiger partial charge in [0.25, 0.3) is 0 Å². The molecule has 1 rings (SSSR count). The zero-order valence-corrected chi connectivity index (χ0v) is 12.2. The largest absolute Gasteiger partial charge is 0.481 e. The Hall–Kier alpha value is -1.30. The summed E-state index contributed by atoms with van der Waals surface area (Å²) in [4.78, 5) is 25.1. The summed E-state index contributed by atoms with van der Waals surface area (Å²) in [5.41, 5.74) is -0.814. The van der Waals surface area contributed by atoms with E-state index in [9.17, 15) is 14.7 Å². The Morgan fingerprint density at radius 3 is 2.35 bits per heavy atom. The van der Waals surface area contributed by atoms with Crippen molar-refractivity contribution in [3.05, 3.63) is 0 Å². The third-order valence-corrected chi connectivity index (χ3v) is 3.99. The van der Waals surface area contributed by atoms with Crippen molar-refractivity contribution in [2.45, 2.75) is 45.4 Å². The highest BCUT2D eigenvalue weighted by Gasteiger charge is 2.40. The minimum atomic E-state index is -0.818. The van der Waals surface area contributed by atoms with E-state index in [4.69, 9.17) is 5.11 Å². The van der Waals surface area contributed by atoms with Crippen molar-refractivity contribution in [2.24, 2.45) is 5.41 Å². The second-order valence-electron chi connectivity index (χ2n) is 5.52. The van der Waals surface area contributed by atoms with E-state index in [0.717, 1.165) is 25.7 Å². The van der Waals surface area contributed by atoms with E-state index in [0.29, 0.717) is 19.4 Å². The fraction of sp³-hybridized carbons (Fsp3) is 0.857. The van der Waals surface area contributed by atoms with E-state index in [1.54, 1.807) is 0 Å². The molecule has 0 aliphatic heterocycles. The molecule has 0 radical (unpaired) electrons. The lowest BCUT2D eigenvalue weighted by Gasteiger charge is -2.34. The third-order valence-electron chi connectivity index (χ3n) is 3.99. The summed E-state index contributed by atoms with van der Waals surface area (Å²) in [6, 6.07) is -0.285. The summed E-state index contributed by atoms with van der Waals surface area (Å²) < 4.78 is 0. The van der Waals surface area contributed by atoms with Crippen LogP contribution in [0.15, 0.2) is 0 Å². The van der Waals surface area contributed by atoms with E-state index in [1.165, 1.54) is 4.90 Å². The number of aliphatic carboxylic acids is 1. The summed E-state index contributed by atoms with van der Waals surface area (Å²) in [6.07, 6.45) is 4.91. The zero-order valence-electron chi connectivity index (χ0n) is 12.2. The molecule has 0 saturated heterocycles. The third kappa shape index (κ3) is 4.37. The number of carbonyl (C=O) groups is 2. The van der Waals surface area contributed by atoms with Crippen molar-refractivity contribution in [1.29, 1.82) is 0 Å². The zero-order chi connectivity index (χ0) is 15.0. The number of nitrogens with zero attached hydrogens (tertiary/aromatic N) is 1. The van der Waals surface area contributed by atoms with Crippen LogP contribution in [-0.2, 0) is 4.79 Å². The summed E-state index contributed by atoms with van der Waals surface area (Å²) in [5.74, 6) is -0.818. The van der Waals surface area contributed by atoms with Crippen molar-refractivity contribution in [2.75, 3.05) is 26.2 Å². The molecule has 1 saturated carbocycles. The summed E-state index contributed by atoms with van der Waals surface area (Å²) in [6.45, 7) is 2.88. The molecule has 0 bridgehead atoms. The molecule has 0 unspecified atom stereocenters. The fourth-order valence-electron chi connectivity index (χ4n) is 2.76. The van der Waals surface area contributed by atoms with Crippen LogP contribution in [-0.4, -0.2) is 53.4 Å². The average Bonchev–Trinajstić information content (AvgIpc) is 2.45. The maximum absolute atomic E-state index is 12.0. The molecule has 6 nitrogen and oxygen atoms in total. The van der Waals surface area contributed by atoms with Crippen LogP contribution in [0.25, 0.3) is 0 Å². The Labute approximate surface area is 120 Å². The van der Waals surface area contributed by atoms with Gasteiger partial charge in [0.15, 0.2) is 0 Å². The van der Waals surface area contributed by atoms with Crippen molar-refractivity contribution in [3.63, 3.8) is 0 Å². The van der Waals surface area contributed by atoms with Crippen LogP contribution in [0.3, 0.4) is 0 Å². The van der Waals surface area contributed by atoms with Gasteiger partial charge in [0.2, 0.25) is 0 Å². The topological polar surface area (TPSA) is 89.9 Å². The smallest absolute Gasteiger partial charge is 0.317 e. The normalized spacial score (nSPS) is 17.5. The number of nitrogens with one attached hydrogen (secondary N) is 1. The summed E-state index contributed by atoms with van der Waals surface area (Å²) in [5, 5.41) is 21.1. The predicted molar refractivity (Wildman–Crippen MR) is 75.5 cm³/mol. The number of aliphatic hydroxyl groups is 1. The van der Waals surface area contributed by atoms with Gasteiger partial charge in [-0.1, -0.05) is 26.2 Å². The number of carboxylic acid groups (broad SMARTS) is 1. The van der Waals surface area contributed by atoms with Gasteiger partial charge in [0, 0.05) is 19.6 Å². The van der Waals surface area contributed by atoms with Gasteiger partial charge in [-0.05, 0) is 19.3 Å². The molecular formula is C14H26N2O4. The van der Waals surface area contributed by atoms with Gasteiger partial charge in [0.05, 0.1) is 12.0 Å². The minimum absolute atomic E-state index is 0.0858. The van der Waals surface area contributed by atoms with Crippen LogP contribution in [0.5, 0.6) is 0 Å². The lowest BCUT2D eigenvalue weighted by molar-refractivity contribution is -0.150. The number of hydrogen-bond acceptors (Lipinski definition) is 3. The highest BCUT2D eigenvalue weighted by atomic mass is 16.4. The SMILES string of the molecule is CCCN(CCO)C(=O)NCC1(C(=O)O)CCCCC1. The summed E-state index contributed by atoms with van der Waals surface area (Å²) in [7, 11) is 0. The van der Waals surface area contributed by atoms with E-state index in [2.05, 4.69) is 5.32 Å². The van der Waals surface area contributed by atoms with E-state index in [1.807, 2.05) is 6.92 Å². The molecule has 116 valence electrons. The number of aliphatic hydroxyl groups excluding tert-OH is 1. The lowest BCUT2D eigenvalue weighted by atomic mass is 9.74. The Morgan fingerprint density at radius 2 is 1.85 bits per heavy atom. The van der Waals surface area contributed by atoms with Crippen molar-refractivity contribution in [3.8, 4) is 0 Å². The minimum Gasteiger partial charge on any atom is -0.481 e. The number of urea groups is 1. The maximum Gasteiger partial charge on any atom is 0.317 e. The number of carboxylic acids is 1. The number of hydrogen-bond donors (Lipinski definition) is 3. The van der Waals surface area contributed by atoms with Gasteiger partial charge in [0.1, 0.15) is 0 Å². The molecule has 0 aromatic carbocycles. The van der Waals surface area contributed by atoms with E-state index in [-0.39, 0.29) is 25.7 Å². The predicted octanol–water partition coefficient (Wildman–Crippen LogP) is 1.44. The first-order chi connectivity index (χ1) is 9.55. The Kier molecular flexibility index (Phi) is 6.78. The second-order valence-corrected chi connectivity index (χ2v) is 5.52. The molecular weight excluding hydrogens is 260 g/mol. The standard InChI is InChI=1S/C14H26N2O4/c1-2-8-16(9-10-17)13(20)15-11-14(12(18)19)6-4-3-5-7-14/h17H,2-11H2,1H3,(H,15,20)(H,18,19). The molecule has 0 aromatic rings. The first-order valence-corrected chi connectivity index (χ1v) is 7.43. The van der Waals surface area contributed by atoms with Gasteiger partial charge < -0.3 is 20.4 Å². The number of amides is 2. The van der Waals surface area contributed by atoms with Crippen LogP contribution in [0.2, 0.25) is 0 Å². The molecule has 1 fully saturated rings. The van der Waals surface area contributed by atoms with Gasteiger partial charge in [-0.3, -0.25) is 4.79 Å². The molecule has 0 spiro atoms. The fourth-order valence-corrected chi connectivity index (χ4v) is 2.76. The van der Waals surface area contributed by atoms with Gasteiger partial charge in [-0.15, -0.1) is 0 Å². The maximum atomic E-state index is 12.0. The molecule has 0 heterocycles. The van der Waals surface area contributed by atoms with E-state index < -0.39 is 11.4 Å². The molecule has 20 heavy (non-hydrogen) atoms. The van der Waals surface area contributed by atoms with Gasteiger partial charge in [-0.25, -0.2) is 4.79 Å². The first-order valence-electron chi connectivity index (χ1n) is 7.43. The lowest BCUT2D eigenvalue weighted by Crippen LogP contribution is -2.49. The highest BCUT2D eigenvalue weighted by molar-refractivity contribution is 5.78. The van der Waals surface area contributed by atoms with Crippen LogP contribution < -0.4 is 5.32 Å². The molecule has 0 atom stereocenters. The first kappa shape index (κ1) is 16.8. The van der Waals surface area contributed by atoms with Gasteiger partial charge in [-0.2, -0.15) is 0 Å².